The number of carbonyl (C=O) groups is 1. The number of hydrogen-bond acceptors (Lipinski definition) is 3. The molecule has 0 atom stereocenters. The van der Waals surface area contributed by atoms with Crippen LogP contribution in [0.25, 0.3) is 0 Å². The summed E-state index contributed by atoms with van der Waals surface area (Å²) in [5.74, 6) is -0.0407. The Bertz CT molecular complexity index is 690. The van der Waals surface area contributed by atoms with Crippen LogP contribution in [0.1, 0.15) is 43.2 Å². The molecule has 0 heterocycles. The van der Waals surface area contributed by atoms with Gasteiger partial charge in [-0.05, 0) is 49.8 Å². The molecule has 0 fully saturated rings. The highest BCUT2D eigenvalue weighted by atomic mass is 32.2. The van der Waals surface area contributed by atoms with Crippen LogP contribution in [0.3, 0.4) is 0 Å². The Labute approximate surface area is 132 Å². The smallest absolute Gasteiger partial charge is 0.228 e. The van der Waals surface area contributed by atoms with Crippen LogP contribution in [0.4, 0.5) is 5.69 Å². The third kappa shape index (κ3) is 4.98. The molecule has 0 bridgehead atoms. The van der Waals surface area contributed by atoms with Crippen molar-refractivity contribution in [1.82, 2.24) is 0 Å². The molecule has 1 aromatic rings. The number of amides is 1. The van der Waals surface area contributed by atoms with Gasteiger partial charge in [-0.25, -0.2) is 8.42 Å². The lowest BCUT2D eigenvalue weighted by Gasteiger charge is -2.15. The van der Waals surface area contributed by atoms with Gasteiger partial charge >= 0.3 is 0 Å². The van der Waals surface area contributed by atoms with Gasteiger partial charge in [-0.3, -0.25) is 4.79 Å². The Balaban J connectivity index is 2.07. The van der Waals surface area contributed by atoms with Gasteiger partial charge in [0.25, 0.3) is 0 Å². The number of benzene rings is 1. The molecule has 0 aliphatic heterocycles. The van der Waals surface area contributed by atoms with E-state index in [9.17, 15) is 13.2 Å². The van der Waals surface area contributed by atoms with Gasteiger partial charge in [-0.15, -0.1) is 0 Å². The highest BCUT2D eigenvalue weighted by Crippen LogP contribution is 2.23. The minimum Gasteiger partial charge on any atom is -0.326 e. The summed E-state index contributed by atoms with van der Waals surface area (Å²) in [4.78, 5) is 12.2. The first-order chi connectivity index (χ1) is 10.3. The SMILES string of the molecule is Cc1c(CS(C)(=O)=O)cccc1NC(=O)CC1=CCCCC1. The van der Waals surface area contributed by atoms with Crippen molar-refractivity contribution in [2.45, 2.75) is 44.8 Å². The number of carbonyl (C=O) groups excluding carboxylic acids is 1. The topological polar surface area (TPSA) is 63.2 Å². The molecule has 5 heteroatoms. The van der Waals surface area contributed by atoms with Gasteiger partial charge < -0.3 is 5.32 Å². The quantitative estimate of drug-likeness (QED) is 0.846. The predicted octanol–water partition coefficient (Wildman–Crippen LogP) is 3.37. The summed E-state index contributed by atoms with van der Waals surface area (Å²) in [6, 6.07) is 5.38. The highest BCUT2D eigenvalue weighted by Gasteiger charge is 2.13. The number of rotatable bonds is 5. The molecule has 1 aromatic carbocycles. The van der Waals surface area contributed by atoms with Crippen LogP contribution in [0.5, 0.6) is 0 Å². The van der Waals surface area contributed by atoms with Crippen LogP contribution >= 0.6 is 0 Å². The largest absolute Gasteiger partial charge is 0.326 e. The van der Waals surface area contributed by atoms with E-state index in [1.54, 1.807) is 12.1 Å². The summed E-state index contributed by atoms with van der Waals surface area (Å²) in [6.45, 7) is 1.84. The fourth-order valence-electron chi connectivity index (χ4n) is 2.72. The molecule has 4 nitrogen and oxygen atoms in total. The summed E-state index contributed by atoms with van der Waals surface area (Å²) in [6.07, 6.45) is 8.23. The van der Waals surface area contributed by atoms with Crippen molar-refractivity contribution >= 4 is 21.4 Å². The molecule has 1 amide bonds. The van der Waals surface area contributed by atoms with Gasteiger partial charge in [0.05, 0.1) is 5.75 Å². The van der Waals surface area contributed by atoms with Gasteiger partial charge in [0.1, 0.15) is 0 Å². The van der Waals surface area contributed by atoms with E-state index in [1.165, 1.54) is 18.2 Å². The fourth-order valence-corrected chi connectivity index (χ4v) is 3.60. The Morgan fingerprint density at radius 1 is 1.27 bits per heavy atom. The maximum atomic E-state index is 12.2. The van der Waals surface area contributed by atoms with Gasteiger partial charge in [-0.1, -0.05) is 23.8 Å². The minimum atomic E-state index is -3.09. The van der Waals surface area contributed by atoms with Gasteiger partial charge in [-0.2, -0.15) is 0 Å². The zero-order valence-electron chi connectivity index (χ0n) is 13.2. The van der Waals surface area contributed by atoms with Crippen LogP contribution in [0, 0.1) is 6.92 Å². The number of allylic oxidation sites excluding steroid dienone is 1. The molecule has 0 unspecified atom stereocenters. The van der Waals surface area contributed by atoms with Crippen molar-refractivity contribution in [2.24, 2.45) is 0 Å². The Morgan fingerprint density at radius 2 is 2.05 bits per heavy atom. The summed E-state index contributed by atoms with van der Waals surface area (Å²) in [7, 11) is -3.09. The van der Waals surface area contributed by atoms with Gasteiger partial charge in [0, 0.05) is 18.4 Å². The van der Waals surface area contributed by atoms with Gasteiger partial charge in [0.2, 0.25) is 5.91 Å². The molecule has 0 spiro atoms. The molecule has 0 saturated heterocycles. The molecule has 0 saturated carbocycles. The van der Waals surface area contributed by atoms with Crippen LogP contribution < -0.4 is 5.32 Å². The molecule has 120 valence electrons. The molecule has 0 aromatic heterocycles. The van der Waals surface area contributed by atoms with Crippen LogP contribution in [0.2, 0.25) is 0 Å². The van der Waals surface area contributed by atoms with Crippen molar-refractivity contribution in [3.63, 3.8) is 0 Å². The Hall–Kier alpha value is -1.62. The van der Waals surface area contributed by atoms with Crippen molar-refractivity contribution in [3.8, 4) is 0 Å². The summed E-state index contributed by atoms with van der Waals surface area (Å²) in [5, 5.41) is 2.91. The Morgan fingerprint density at radius 3 is 2.68 bits per heavy atom. The fraction of sp³-hybridized carbons (Fsp3) is 0.471. The van der Waals surface area contributed by atoms with Crippen LogP contribution in [-0.2, 0) is 20.4 Å². The van der Waals surface area contributed by atoms with Crippen LogP contribution in [-0.4, -0.2) is 20.6 Å². The number of nitrogens with one attached hydrogen (secondary N) is 1. The molecule has 0 radical (unpaired) electrons. The normalized spacial score (nSPS) is 15.3. The molecule has 1 N–H and O–H groups in total. The summed E-state index contributed by atoms with van der Waals surface area (Å²) >= 11 is 0. The third-order valence-corrected chi connectivity index (χ3v) is 4.75. The standard InChI is InChI=1S/C17H23NO3S/c1-13-15(12-22(2,20)21)9-6-10-16(13)18-17(19)11-14-7-4-3-5-8-14/h6-7,9-10H,3-5,8,11-12H2,1-2H3,(H,18,19). The second-order valence-corrected chi connectivity index (χ2v) is 8.13. The van der Waals surface area contributed by atoms with E-state index in [-0.39, 0.29) is 11.7 Å². The van der Waals surface area contributed by atoms with E-state index in [2.05, 4.69) is 11.4 Å². The van der Waals surface area contributed by atoms with E-state index in [4.69, 9.17) is 0 Å². The maximum Gasteiger partial charge on any atom is 0.228 e. The van der Waals surface area contributed by atoms with Crippen molar-refractivity contribution in [1.29, 1.82) is 0 Å². The highest BCUT2D eigenvalue weighted by molar-refractivity contribution is 7.89. The van der Waals surface area contributed by atoms with Crippen molar-refractivity contribution < 1.29 is 13.2 Å². The first-order valence-electron chi connectivity index (χ1n) is 7.59. The summed E-state index contributed by atoms with van der Waals surface area (Å²) in [5.41, 5.74) is 3.45. The zero-order chi connectivity index (χ0) is 16.2. The zero-order valence-corrected chi connectivity index (χ0v) is 14.0. The first-order valence-corrected chi connectivity index (χ1v) is 9.65. The van der Waals surface area contributed by atoms with E-state index in [0.717, 1.165) is 30.4 Å². The minimum absolute atomic E-state index is 0.00625. The molecular weight excluding hydrogens is 298 g/mol. The Kier molecular flexibility index (Phi) is 5.40. The molecule has 1 aliphatic carbocycles. The second-order valence-electron chi connectivity index (χ2n) is 5.99. The lowest BCUT2D eigenvalue weighted by Crippen LogP contribution is -2.14. The first kappa shape index (κ1) is 16.7. The van der Waals surface area contributed by atoms with Gasteiger partial charge in [0.15, 0.2) is 9.84 Å². The molecule has 2 rings (SSSR count). The lowest BCUT2D eigenvalue weighted by atomic mass is 9.97. The van der Waals surface area contributed by atoms with E-state index >= 15 is 0 Å². The second kappa shape index (κ2) is 7.09. The van der Waals surface area contributed by atoms with Crippen LogP contribution in [0.15, 0.2) is 29.8 Å². The summed E-state index contributed by atoms with van der Waals surface area (Å²) < 4.78 is 22.9. The predicted molar refractivity (Wildman–Crippen MR) is 89.5 cm³/mol. The van der Waals surface area contributed by atoms with Crippen molar-refractivity contribution in [3.05, 3.63) is 41.0 Å². The van der Waals surface area contributed by atoms with E-state index in [1.807, 2.05) is 13.0 Å². The van der Waals surface area contributed by atoms with E-state index < -0.39 is 9.84 Å². The lowest BCUT2D eigenvalue weighted by molar-refractivity contribution is -0.115. The molecular formula is C17H23NO3S. The average molecular weight is 321 g/mol. The third-order valence-electron chi connectivity index (χ3n) is 3.91. The van der Waals surface area contributed by atoms with Crippen molar-refractivity contribution in [2.75, 3.05) is 11.6 Å². The number of hydrogen-bond donors (Lipinski definition) is 1. The molecule has 22 heavy (non-hydrogen) atoms. The molecule has 1 aliphatic rings. The number of sulfone groups is 1. The van der Waals surface area contributed by atoms with E-state index in [0.29, 0.717) is 12.1 Å². The number of anilines is 1. The average Bonchev–Trinajstić information content (AvgIpc) is 2.43. The maximum absolute atomic E-state index is 12.2. The monoisotopic (exact) mass is 321 g/mol.